The number of hydrogen-bond donors (Lipinski definition) is 3. The van der Waals surface area contributed by atoms with Gasteiger partial charge in [-0.05, 0) is 19.9 Å². The molecule has 0 radical (unpaired) electrons. The molecule has 5 heteroatoms. The Kier molecular flexibility index (Phi) is 4.12. The molecule has 78 valence electrons. The molecule has 3 N–H and O–H groups in total. The van der Waals surface area contributed by atoms with Crippen LogP contribution in [-0.4, -0.2) is 34.3 Å². The second-order valence-electron chi connectivity index (χ2n) is 3.02. The van der Waals surface area contributed by atoms with E-state index in [9.17, 15) is 0 Å². The molecular weight excluding hydrogens is 180 g/mol. The number of nitrogens with zero attached hydrogens (tertiary/aromatic N) is 2. The van der Waals surface area contributed by atoms with Crippen molar-refractivity contribution >= 4 is 11.8 Å². The van der Waals surface area contributed by atoms with Gasteiger partial charge < -0.3 is 15.7 Å². The highest BCUT2D eigenvalue weighted by molar-refractivity contribution is 5.40. The average molecular weight is 196 g/mol. The van der Waals surface area contributed by atoms with Gasteiger partial charge in [0.15, 0.2) is 0 Å². The van der Waals surface area contributed by atoms with Gasteiger partial charge >= 0.3 is 0 Å². The van der Waals surface area contributed by atoms with Crippen LogP contribution in [-0.2, 0) is 0 Å². The van der Waals surface area contributed by atoms with Crippen molar-refractivity contribution in [2.45, 2.75) is 19.9 Å². The third-order valence-corrected chi connectivity index (χ3v) is 1.66. The summed E-state index contributed by atoms with van der Waals surface area (Å²) in [6.07, 6.45) is 1.68. The van der Waals surface area contributed by atoms with Gasteiger partial charge in [-0.1, -0.05) is 0 Å². The van der Waals surface area contributed by atoms with Crippen LogP contribution in [0.15, 0.2) is 12.3 Å². The number of aliphatic hydroxyl groups is 1. The lowest BCUT2D eigenvalue weighted by molar-refractivity contribution is 0.281. The fourth-order valence-electron chi connectivity index (χ4n) is 0.980. The van der Waals surface area contributed by atoms with E-state index in [1.54, 1.807) is 12.3 Å². The van der Waals surface area contributed by atoms with Gasteiger partial charge in [-0.25, -0.2) is 4.98 Å². The lowest BCUT2D eigenvalue weighted by atomic mass is 10.3. The Hall–Kier alpha value is -1.36. The van der Waals surface area contributed by atoms with Crippen molar-refractivity contribution < 1.29 is 5.11 Å². The van der Waals surface area contributed by atoms with E-state index >= 15 is 0 Å². The van der Waals surface area contributed by atoms with Crippen molar-refractivity contribution in [1.29, 1.82) is 0 Å². The van der Waals surface area contributed by atoms with Gasteiger partial charge in [-0.15, -0.1) is 0 Å². The minimum Gasteiger partial charge on any atom is -0.394 e. The quantitative estimate of drug-likeness (QED) is 0.646. The van der Waals surface area contributed by atoms with Crippen LogP contribution in [0.5, 0.6) is 0 Å². The summed E-state index contributed by atoms with van der Waals surface area (Å²) in [7, 11) is 0. The van der Waals surface area contributed by atoms with Gasteiger partial charge in [0.25, 0.3) is 0 Å². The van der Waals surface area contributed by atoms with E-state index in [1.807, 2.05) is 13.8 Å². The Balaban J connectivity index is 2.63. The van der Waals surface area contributed by atoms with Crippen LogP contribution in [0.25, 0.3) is 0 Å². The zero-order valence-corrected chi connectivity index (χ0v) is 8.49. The molecule has 1 atom stereocenters. The van der Waals surface area contributed by atoms with E-state index in [0.29, 0.717) is 5.95 Å². The van der Waals surface area contributed by atoms with Gasteiger partial charge in [0.05, 0.1) is 6.61 Å². The van der Waals surface area contributed by atoms with Crippen LogP contribution < -0.4 is 10.6 Å². The molecule has 1 rings (SSSR count). The fourth-order valence-corrected chi connectivity index (χ4v) is 0.980. The lowest BCUT2D eigenvalue weighted by Crippen LogP contribution is -2.20. The van der Waals surface area contributed by atoms with E-state index < -0.39 is 0 Å². The predicted octanol–water partition coefficient (Wildman–Crippen LogP) is 0.701. The van der Waals surface area contributed by atoms with Crippen molar-refractivity contribution in [2.75, 3.05) is 23.8 Å². The number of nitrogens with one attached hydrogen (secondary N) is 2. The largest absolute Gasteiger partial charge is 0.394 e. The Morgan fingerprint density at radius 3 is 3.00 bits per heavy atom. The number of aliphatic hydroxyl groups excluding tert-OH is 1. The molecule has 1 heterocycles. The Labute approximate surface area is 83.6 Å². The second-order valence-corrected chi connectivity index (χ2v) is 3.02. The van der Waals surface area contributed by atoms with Crippen LogP contribution in [0.2, 0.25) is 0 Å². The second kappa shape index (κ2) is 5.39. The Morgan fingerprint density at radius 2 is 2.36 bits per heavy atom. The van der Waals surface area contributed by atoms with Crippen LogP contribution in [0.4, 0.5) is 11.8 Å². The topological polar surface area (TPSA) is 70.1 Å². The Morgan fingerprint density at radius 1 is 1.57 bits per heavy atom. The Bertz CT molecular complexity index is 279. The smallest absolute Gasteiger partial charge is 0.224 e. The van der Waals surface area contributed by atoms with Crippen LogP contribution >= 0.6 is 0 Å². The number of hydrogen-bond acceptors (Lipinski definition) is 5. The lowest BCUT2D eigenvalue weighted by Gasteiger charge is -2.11. The standard InChI is InChI=1S/C9H16N4O/c1-3-10-9-11-5-4-8(13-9)12-7(2)6-14/h4-5,7,14H,3,6H2,1-2H3,(H2,10,11,12,13). The molecule has 0 saturated heterocycles. The minimum absolute atomic E-state index is 0.000577. The molecule has 1 unspecified atom stereocenters. The van der Waals surface area contributed by atoms with Crippen LogP contribution in [0.1, 0.15) is 13.8 Å². The van der Waals surface area contributed by atoms with Crippen LogP contribution in [0, 0.1) is 0 Å². The molecule has 0 aliphatic carbocycles. The molecule has 14 heavy (non-hydrogen) atoms. The van der Waals surface area contributed by atoms with Gasteiger partial charge in [0, 0.05) is 18.8 Å². The first-order chi connectivity index (χ1) is 6.76. The number of aromatic nitrogens is 2. The zero-order valence-electron chi connectivity index (χ0n) is 8.49. The highest BCUT2D eigenvalue weighted by Gasteiger charge is 2.01. The first kappa shape index (κ1) is 10.7. The average Bonchev–Trinajstić information content (AvgIpc) is 2.19. The molecule has 0 saturated carbocycles. The molecule has 1 aromatic rings. The maximum Gasteiger partial charge on any atom is 0.224 e. The van der Waals surface area contributed by atoms with E-state index in [2.05, 4.69) is 20.6 Å². The van der Waals surface area contributed by atoms with E-state index in [0.717, 1.165) is 12.4 Å². The maximum atomic E-state index is 8.85. The van der Waals surface area contributed by atoms with Crippen LogP contribution in [0.3, 0.4) is 0 Å². The maximum absolute atomic E-state index is 8.85. The van der Waals surface area contributed by atoms with Crippen molar-refractivity contribution in [2.24, 2.45) is 0 Å². The highest BCUT2D eigenvalue weighted by Crippen LogP contribution is 2.06. The SMILES string of the molecule is CCNc1nccc(NC(C)CO)n1. The van der Waals surface area contributed by atoms with E-state index in [1.165, 1.54) is 0 Å². The zero-order chi connectivity index (χ0) is 10.4. The van der Waals surface area contributed by atoms with Crippen molar-refractivity contribution in [1.82, 2.24) is 9.97 Å². The molecule has 1 aromatic heterocycles. The third kappa shape index (κ3) is 3.18. The summed E-state index contributed by atoms with van der Waals surface area (Å²) >= 11 is 0. The summed E-state index contributed by atoms with van der Waals surface area (Å²) < 4.78 is 0. The molecule has 0 spiro atoms. The molecule has 0 amide bonds. The van der Waals surface area contributed by atoms with E-state index in [-0.39, 0.29) is 12.6 Å². The van der Waals surface area contributed by atoms with Gasteiger partial charge in [-0.2, -0.15) is 4.98 Å². The molecule has 0 bridgehead atoms. The number of rotatable bonds is 5. The van der Waals surface area contributed by atoms with Gasteiger partial charge in [0.2, 0.25) is 5.95 Å². The summed E-state index contributed by atoms with van der Waals surface area (Å²) in [5, 5.41) is 14.9. The summed E-state index contributed by atoms with van der Waals surface area (Å²) in [5.41, 5.74) is 0. The monoisotopic (exact) mass is 196 g/mol. The predicted molar refractivity (Wildman–Crippen MR) is 56.4 cm³/mol. The molecular formula is C9H16N4O. The minimum atomic E-state index is -0.000577. The first-order valence-corrected chi connectivity index (χ1v) is 4.70. The normalized spacial score (nSPS) is 12.2. The molecule has 0 aromatic carbocycles. The number of anilines is 2. The van der Waals surface area contributed by atoms with Crippen molar-refractivity contribution in [3.63, 3.8) is 0 Å². The van der Waals surface area contributed by atoms with Gasteiger partial charge in [0.1, 0.15) is 5.82 Å². The third-order valence-electron chi connectivity index (χ3n) is 1.66. The summed E-state index contributed by atoms with van der Waals surface area (Å²) in [6, 6.07) is 1.77. The first-order valence-electron chi connectivity index (χ1n) is 4.70. The van der Waals surface area contributed by atoms with E-state index in [4.69, 9.17) is 5.11 Å². The fraction of sp³-hybridized carbons (Fsp3) is 0.556. The van der Waals surface area contributed by atoms with Crippen molar-refractivity contribution in [3.8, 4) is 0 Å². The van der Waals surface area contributed by atoms with Crippen molar-refractivity contribution in [3.05, 3.63) is 12.3 Å². The molecule has 5 nitrogen and oxygen atoms in total. The summed E-state index contributed by atoms with van der Waals surface area (Å²) in [6.45, 7) is 4.74. The summed E-state index contributed by atoms with van der Waals surface area (Å²) in [5.74, 6) is 1.32. The molecule has 0 fully saturated rings. The summed E-state index contributed by atoms with van der Waals surface area (Å²) in [4.78, 5) is 8.24. The molecule has 0 aliphatic heterocycles. The van der Waals surface area contributed by atoms with Gasteiger partial charge in [-0.3, -0.25) is 0 Å². The molecule has 0 aliphatic rings. The highest BCUT2D eigenvalue weighted by atomic mass is 16.3.